The van der Waals surface area contributed by atoms with Gasteiger partial charge in [-0.2, -0.15) is 18.4 Å². The van der Waals surface area contributed by atoms with Crippen molar-refractivity contribution < 1.29 is 31.8 Å². The number of halogens is 3. The van der Waals surface area contributed by atoms with E-state index in [9.17, 15) is 18.4 Å². The number of nitrogen functional groups attached to an aromatic ring is 1. The Hall–Kier alpha value is -4.56. The van der Waals surface area contributed by atoms with E-state index in [2.05, 4.69) is 20.9 Å². The number of hydrogen-bond donors (Lipinski definition) is 1. The maximum atomic E-state index is 13.8. The highest BCUT2D eigenvalue weighted by atomic mass is 32.2. The van der Waals surface area contributed by atoms with Crippen molar-refractivity contribution in [2.24, 2.45) is 0 Å². The Kier molecular flexibility index (Phi) is 8.33. The van der Waals surface area contributed by atoms with Gasteiger partial charge >= 0.3 is 6.18 Å². The number of pyridine rings is 1. The lowest BCUT2D eigenvalue weighted by Crippen LogP contribution is -2.25. The lowest BCUT2D eigenvalue weighted by molar-refractivity contribution is -0.153. The molecule has 1 aliphatic rings. The molecule has 43 heavy (non-hydrogen) atoms. The molecule has 13 heteroatoms. The third-order valence-corrected chi connectivity index (χ3v) is 7.34. The molecule has 3 heterocycles. The molecular weight excluding hydrogens is 583 g/mol. The maximum absolute atomic E-state index is 13.8. The smallest absolute Gasteiger partial charge is 0.451 e. The van der Waals surface area contributed by atoms with Gasteiger partial charge in [-0.1, -0.05) is 42.1 Å². The van der Waals surface area contributed by atoms with E-state index in [1.54, 1.807) is 54.6 Å². The van der Waals surface area contributed by atoms with Crippen LogP contribution in [-0.2, 0) is 21.4 Å². The molecule has 220 valence electrons. The third kappa shape index (κ3) is 6.60. The number of thioether (sulfide) groups is 1. The van der Waals surface area contributed by atoms with Gasteiger partial charge in [-0.05, 0) is 43.7 Å². The van der Waals surface area contributed by atoms with Crippen molar-refractivity contribution in [3.8, 4) is 34.4 Å². The molecule has 1 aliphatic heterocycles. The van der Waals surface area contributed by atoms with Gasteiger partial charge in [0.05, 0.1) is 18.7 Å². The molecule has 1 saturated heterocycles. The zero-order valence-corrected chi connectivity index (χ0v) is 23.8. The number of nitrogens with zero attached hydrogens (tertiary/aromatic N) is 4. The molecule has 0 unspecified atom stereocenters. The molecule has 2 aromatic carbocycles. The van der Waals surface area contributed by atoms with Crippen molar-refractivity contribution in [2.45, 2.75) is 42.7 Å². The summed E-state index contributed by atoms with van der Waals surface area (Å²) in [7, 11) is 0. The third-order valence-electron chi connectivity index (χ3n) is 6.36. The number of benzene rings is 2. The Bertz CT molecular complexity index is 1710. The van der Waals surface area contributed by atoms with Crippen LogP contribution in [0.25, 0.3) is 27.4 Å². The fourth-order valence-electron chi connectivity index (χ4n) is 4.44. The fraction of sp³-hybridized carbons (Fsp3) is 0.267. The zero-order valence-electron chi connectivity index (χ0n) is 22.9. The van der Waals surface area contributed by atoms with Gasteiger partial charge in [-0.3, -0.25) is 0 Å². The van der Waals surface area contributed by atoms with Crippen LogP contribution in [-0.4, -0.2) is 35.1 Å². The topological polar surface area (TPSA) is 121 Å². The summed E-state index contributed by atoms with van der Waals surface area (Å²) in [5, 5.41) is 10.2. The lowest BCUT2D eigenvalue weighted by Gasteiger charge is -2.17. The predicted octanol–water partition coefficient (Wildman–Crippen LogP) is 7.25. The minimum Gasteiger partial charge on any atom is -0.491 e. The van der Waals surface area contributed by atoms with Crippen LogP contribution in [0.1, 0.15) is 30.9 Å². The Balaban J connectivity index is 1.42. The van der Waals surface area contributed by atoms with E-state index >= 15 is 0 Å². The van der Waals surface area contributed by atoms with E-state index in [4.69, 9.17) is 30.9 Å². The monoisotopic (exact) mass is 607 g/mol. The summed E-state index contributed by atoms with van der Waals surface area (Å²) in [6.45, 7) is 12.0. The molecule has 0 aliphatic carbocycles. The Morgan fingerprint density at radius 3 is 2.47 bits per heavy atom. The quantitative estimate of drug-likeness (QED) is 0.163. The van der Waals surface area contributed by atoms with Crippen molar-refractivity contribution in [3.63, 3.8) is 0 Å². The van der Waals surface area contributed by atoms with Crippen LogP contribution in [0.4, 0.5) is 24.7 Å². The summed E-state index contributed by atoms with van der Waals surface area (Å²) in [6.07, 6.45) is -5.03. The van der Waals surface area contributed by atoms with Crippen molar-refractivity contribution in [1.82, 2.24) is 9.97 Å². The number of aromatic nitrogens is 2. The number of oxazole rings is 1. The predicted molar refractivity (Wildman–Crippen MR) is 152 cm³/mol. The first-order valence-electron chi connectivity index (χ1n) is 12.9. The molecule has 1 fully saturated rings. The molecule has 1 atom stereocenters. The molecule has 9 nitrogen and oxygen atoms in total. The number of nitrogens with two attached hydrogens (primary N) is 1. The van der Waals surface area contributed by atoms with Gasteiger partial charge in [0.2, 0.25) is 17.3 Å². The van der Waals surface area contributed by atoms with Gasteiger partial charge in [0.25, 0.3) is 0 Å². The highest BCUT2D eigenvalue weighted by Crippen LogP contribution is 2.43. The number of nitriles is 1. The van der Waals surface area contributed by atoms with Gasteiger partial charge in [-0.15, -0.1) is 0 Å². The summed E-state index contributed by atoms with van der Waals surface area (Å²) >= 11 is 0.841. The lowest BCUT2D eigenvalue weighted by atomic mass is 10.00. The number of rotatable bonds is 8. The Morgan fingerprint density at radius 2 is 1.86 bits per heavy atom. The van der Waals surface area contributed by atoms with Crippen LogP contribution in [0.5, 0.6) is 5.75 Å². The molecule has 0 radical (unpaired) electrons. The summed E-state index contributed by atoms with van der Waals surface area (Å²) < 4.78 is 63.7. The minimum atomic E-state index is -4.80. The van der Waals surface area contributed by atoms with Gasteiger partial charge in [0.1, 0.15) is 41.1 Å². The largest absolute Gasteiger partial charge is 0.491 e. The highest BCUT2D eigenvalue weighted by molar-refractivity contribution is 7.98. The normalized spacial score (nSPS) is 16.0. The van der Waals surface area contributed by atoms with E-state index in [0.717, 1.165) is 11.8 Å². The summed E-state index contributed by atoms with van der Waals surface area (Å²) in [5.74, 6) is -2.05. The average molecular weight is 608 g/mol. The second-order valence-corrected chi connectivity index (χ2v) is 10.8. The molecule has 4 aromatic rings. The number of hydrogen-bond acceptors (Lipinski definition) is 9. The second-order valence-electron chi connectivity index (χ2n) is 9.86. The summed E-state index contributed by atoms with van der Waals surface area (Å²) in [6, 6.07) is 16.9. The second kappa shape index (κ2) is 12.0. The molecule has 2 N–H and O–H groups in total. The summed E-state index contributed by atoms with van der Waals surface area (Å²) in [4.78, 5) is 11.8. The molecule has 2 aromatic heterocycles. The summed E-state index contributed by atoms with van der Waals surface area (Å²) in [5.41, 5.74) is 6.77. The van der Waals surface area contributed by atoms with E-state index in [0.29, 0.717) is 23.5 Å². The Labute approximate surface area is 249 Å². The van der Waals surface area contributed by atoms with E-state index < -0.39 is 17.7 Å². The number of alkyl halides is 3. The Morgan fingerprint density at radius 1 is 1.14 bits per heavy atom. The van der Waals surface area contributed by atoms with Gasteiger partial charge in [-0.25, -0.2) is 14.8 Å². The van der Waals surface area contributed by atoms with Gasteiger partial charge in [0, 0.05) is 16.9 Å². The van der Waals surface area contributed by atoms with Crippen LogP contribution in [0.15, 0.2) is 64.0 Å². The minimum absolute atomic E-state index is 0.00191. The van der Waals surface area contributed by atoms with Gasteiger partial charge in [0.15, 0.2) is 5.79 Å². The average Bonchev–Trinajstić information content (AvgIpc) is 3.58. The van der Waals surface area contributed by atoms with Crippen molar-refractivity contribution >= 4 is 23.3 Å². The number of anilines is 1. The maximum Gasteiger partial charge on any atom is 0.451 e. The highest BCUT2D eigenvalue weighted by Gasteiger charge is 2.40. The van der Waals surface area contributed by atoms with E-state index in [1.165, 1.54) is 0 Å². The van der Waals surface area contributed by atoms with Crippen LogP contribution < -0.4 is 10.5 Å². The first-order valence-corrected chi connectivity index (χ1v) is 13.9. The zero-order chi connectivity index (χ0) is 30.8. The van der Waals surface area contributed by atoms with Crippen LogP contribution in [0.2, 0.25) is 0 Å². The van der Waals surface area contributed by atoms with E-state index in [1.807, 2.05) is 13.8 Å². The molecular formula is C30H24F3N5O4S. The molecule has 0 bridgehead atoms. The SMILES string of the molecule is [C-]#[N+]c1c(N)nc(SCc2nc(-c3ccccc3)oc2C(F)(F)F)c(C#N)c1-c1ccc(OC[C@H]2COC(C)(C)O2)cc1. The van der Waals surface area contributed by atoms with Crippen molar-refractivity contribution in [3.05, 3.63) is 83.0 Å². The van der Waals surface area contributed by atoms with E-state index in [-0.39, 0.29) is 57.7 Å². The van der Waals surface area contributed by atoms with Crippen molar-refractivity contribution in [2.75, 3.05) is 18.9 Å². The standard InChI is InChI=1S/C30H24F3N5O4S/c1-29(2)40-15-20(42-29)14-39-19-11-9-17(10-12-19)23-21(13-34)28(38-26(35)24(23)36-3)43-16-22-25(30(31,32)33)41-27(37-22)18-7-5-4-6-8-18/h4-12,20H,14-16H2,1-2H3,(H2,35,38)/t20-/m0/s1. The van der Waals surface area contributed by atoms with Crippen LogP contribution >= 0.6 is 11.8 Å². The van der Waals surface area contributed by atoms with Crippen LogP contribution in [0.3, 0.4) is 0 Å². The first kappa shape index (κ1) is 29.9. The molecule has 0 amide bonds. The first-order chi connectivity index (χ1) is 20.5. The van der Waals surface area contributed by atoms with Crippen molar-refractivity contribution in [1.29, 1.82) is 5.26 Å². The molecule has 0 saturated carbocycles. The van der Waals surface area contributed by atoms with Crippen LogP contribution in [0, 0.1) is 17.9 Å². The number of ether oxygens (including phenoxy) is 3. The fourth-order valence-corrected chi connectivity index (χ4v) is 5.36. The van der Waals surface area contributed by atoms with Gasteiger partial charge < -0.3 is 24.4 Å². The molecule has 0 spiro atoms. The molecule has 5 rings (SSSR count).